The van der Waals surface area contributed by atoms with Crippen LogP contribution in [0.2, 0.25) is 0 Å². The molecule has 1 aromatic carbocycles. The van der Waals surface area contributed by atoms with Gasteiger partial charge in [0.2, 0.25) is 5.91 Å². The number of unbranched alkanes of at least 4 members (excludes halogenated alkanes) is 2. The number of rotatable bonds is 11. The summed E-state index contributed by atoms with van der Waals surface area (Å²) in [6.45, 7) is 0.702. The highest BCUT2D eigenvalue weighted by atomic mass is 16.4. The fourth-order valence-electron chi connectivity index (χ4n) is 4.10. The minimum Gasteiger partial charge on any atom is -0.481 e. The molecule has 1 fully saturated rings. The van der Waals surface area contributed by atoms with Crippen LogP contribution < -0.4 is 5.32 Å². The third-order valence-corrected chi connectivity index (χ3v) is 5.84. The smallest absolute Gasteiger partial charge is 0.327 e. The van der Waals surface area contributed by atoms with Crippen LogP contribution in [0, 0.1) is 0 Å². The van der Waals surface area contributed by atoms with Crippen molar-refractivity contribution in [2.45, 2.75) is 63.6 Å². The molecule has 10 heteroatoms. The molecule has 10 nitrogen and oxygen atoms in total. The number of nitrogens with zero attached hydrogens (tertiary/aromatic N) is 2. The molecule has 32 heavy (non-hydrogen) atoms. The molecule has 1 saturated heterocycles. The Hall–Kier alpha value is -3.43. The van der Waals surface area contributed by atoms with Gasteiger partial charge in [-0.15, -0.1) is 0 Å². The third-order valence-electron chi connectivity index (χ3n) is 5.84. The highest BCUT2D eigenvalue weighted by Gasteiger charge is 2.46. The molecule has 2 unspecified atom stereocenters. The SMILES string of the molecule is O=C(O)CCC(NC(=O)CCCCCN1C(=O)C2Cc3ccccc3CN2C1=O)C(=O)O. The number of aliphatic carboxylic acids is 2. The summed E-state index contributed by atoms with van der Waals surface area (Å²) in [4.78, 5) is 62.0. The number of carboxylic acid groups (broad SMARTS) is 2. The number of hydrogen-bond acceptors (Lipinski definition) is 5. The van der Waals surface area contributed by atoms with Crippen molar-refractivity contribution in [1.29, 1.82) is 0 Å². The Bertz CT molecular complexity index is 874. The molecule has 2 aliphatic rings. The first-order chi connectivity index (χ1) is 15.3. The maximum Gasteiger partial charge on any atom is 0.327 e. The summed E-state index contributed by atoms with van der Waals surface area (Å²) >= 11 is 0. The summed E-state index contributed by atoms with van der Waals surface area (Å²) in [6.07, 6.45) is 1.66. The first kappa shape index (κ1) is 23.2. The Balaban J connectivity index is 1.40. The zero-order valence-corrected chi connectivity index (χ0v) is 17.7. The molecule has 3 rings (SSSR count). The van der Waals surface area contributed by atoms with Gasteiger partial charge in [-0.3, -0.25) is 19.3 Å². The van der Waals surface area contributed by atoms with Gasteiger partial charge in [-0.05, 0) is 30.4 Å². The number of nitrogens with one attached hydrogen (secondary N) is 1. The minimum absolute atomic E-state index is 0.0861. The van der Waals surface area contributed by atoms with Crippen LogP contribution in [-0.2, 0) is 32.1 Å². The Morgan fingerprint density at radius 2 is 1.75 bits per heavy atom. The van der Waals surface area contributed by atoms with Crippen LogP contribution >= 0.6 is 0 Å². The van der Waals surface area contributed by atoms with Gasteiger partial charge < -0.3 is 20.4 Å². The summed E-state index contributed by atoms with van der Waals surface area (Å²) in [6, 6.07) is 5.81. The number of benzene rings is 1. The van der Waals surface area contributed by atoms with Gasteiger partial charge >= 0.3 is 18.0 Å². The molecule has 4 amide bonds. The Kier molecular flexibility index (Phi) is 7.45. The molecule has 2 heterocycles. The molecule has 172 valence electrons. The molecule has 0 aliphatic carbocycles. The van der Waals surface area contributed by atoms with E-state index in [0.717, 1.165) is 11.1 Å². The minimum atomic E-state index is -1.27. The lowest BCUT2D eigenvalue weighted by molar-refractivity contribution is -0.143. The topological polar surface area (TPSA) is 144 Å². The summed E-state index contributed by atoms with van der Waals surface area (Å²) in [5.74, 6) is -3.06. The van der Waals surface area contributed by atoms with Gasteiger partial charge in [-0.25, -0.2) is 9.59 Å². The largest absolute Gasteiger partial charge is 0.481 e. The number of carbonyl (C=O) groups is 5. The van der Waals surface area contributed by atoms with Crippen molar-refractivity contribution in [2.24, 2.45) is 0 Å². The second kappa shape index (κ2) is 10.3. The average molecular weight is 445 g/mol. The van der Waals surface area contributed by atoms with E-state index in [1.807, 2.05) is 24.3 Å². The zero-order valence-electron chi connectivity index (χ0n) is 17.7. The van der Waals surface area contributed by atoms with Crippen molar-refractivity contribution in [3.05, 3.63) is 35.4 Å². The van der Waals surface area contributed by atoms with Crippen LogP contribution in [0.25, 0.3) is 0 Å². The van der Waals surface area contributed by atoms with Crippen molar-refractivity contribution in [2.75, 3.05) is 6.54 Å². The molecule has 2 aliphatic heterocycles. The Morgan fingerprint density at radius 3 is 2.44 bits per heavy atom. The lowest BCUT2D eigenvalue weighted by Crippen LogP contribution is -2.41. The molecule has 0 bridgehead atoms. The summed E-state index contributed by atoms with van der Waals surface area (Å²) in [5.41, 5.74) is 2.14. The van der Waals surface area contributed by atoms with E-state index in [4.69, 9.17) is 10.2 Å². The number of carboxylic acids is 2. The Morgan fingerprint density at radius 1 is 1.03 bits per heavy atom. The van der Waals surface area contributed by atoms with Crippen LogP contribution in [0.15, 0.2) is 24.3 Å². The van der Waals surface area contributed by atoms with Crippen LogP contribution in [0.5, 0.6) is 0 Å². The third kappa shape index (κ3) is 5.43. The molecule has 1 aromatic rings. The van der Waals surface area contributed by atoms with Gasteiger partial charge in [0, 0.05) is 32.4 Å². The zero-order chi connectivity index (χ0) is 23.3. The fourth-order valence-corrected chi connectivity index (χ4v) is 4.10. The highest BCUT2D eigenvalue weighted by molar-refractivity contribution is 6.04. The molecule has 0 saturated carbocycles. The fraction of sp³-hybridized carbons (Fsp3) is 0.500. The van der Waals surface area contributed by atoms with Crippen LogP contribution in [-0.4, -0.2) is 68.4 Å². The van der Waals surface area contributed by atoms with E-state index in [1.54, 1.807) is 4.90 Å². The number of hydrogen-bond donors (Lipinski definition) is 3. The van der Waals surface area contributed by atoms with Crippen molar-refractivity contribution in [1.82, 2.24) is 15.1 Å². The maximum absolute atomic E-state index is 12.7. The first-order valence-electron chi connectivity index (χ1n) is 10.7. The van der Waals surface area contributed by atoms with Crippen molar-refractivity contribution < 1.29 is 34.2 Å². The number of fused-ring (bicyclic) bond motifs is 2. The molecule has 3 N–H and O–H groups in total. The predicted molar refractivity (Wildman–Crippen MR) is 111 cm³/mol. The predicted octanol–water partition coefficient (Wildman–Crippen LogP) is 1.37. The normalized spacial score (nSPS) is 18.2. The van der Waals surface area contributed by atoms with Gasteiger partial charge in [-0.2, -0.15) is 0 Å². The van der Waals surface area contributed by atoms with Crippen molar-refractivity contribution in [3.8, 4) is 0 Å². The van der Waals surface area contributed by atoms with Gasteiger partial charge in [-0.1, -0.05) is 30.7 Å². The van der Waals surface area contributed by atoms with E-state index in [9.17, 15) is 24.0 Å². The van der Waals surface area contributed by atoms with Crippen LogP contribution in [0.3, 0.4) is 0 Å². The number of imide groups is 1. The highest BCUT2D eigenvalue weighted by Crippen LogP contribution is 2.30. The van der Waals surface area contributed by atoms with Gasteiger partial charge in [0.25, 0.3) is 5.91 Å². The van der Waals surface area contributed by atoms with E-state index in [2.05, 4.69) is 5.32 Å². The lowest BCUT2D eigenvalue weighted by Gasteiger charge is -2.28. The van der Waals surface area contributed by atoms with Crippen molar-refractivity contribution >= 4 is 29.8 Å². The van der Waals surface area contributed by atoms with E-state index >= 15 is 0 Å². The first-order valence-corrected chi connectivity index (χ1v) is 10.7. The average Bonchev–Trinajstić information content (AvgIpc) is 2.98. The molecule has 2 atom stereocenters. The molecular formula is C22H27N3O7. The quantitative estimate of drug-likeness (QED) is 0.345. The second-order valence-corrected chi connectivity index (χ2v) is 8.09. The summed E-state index contributed by atoms with van der Waals surface area (Å²) in [7, 11) is 0. The van der Waals surface area contributed by atoms with Crippen LogP contribution in [0.4, 0.5) is 4.79 Å². The van der Waals surface area contributed by atoms with Crippen LogP contribution in [0.1, 0.15) is 49.7 Å². The van der Waals surface area contributed by atoms with Gasteiger partial charge in [0.15, 0.2) is 0 Å². The van der Waals surface area contributed by atoms with E-state index in [0.29, 0.717) is 32.2 Å². The molecule has 0 spiro atoms. The molecule has 0 radical (unpaired) electrons. The second-order valence-electron chi connectivity index (χ2n) is 8.09. The number of urea groups is 1. The number of amides is 4. The summed E-state index contributed by atoms with van der Waals surface area (Å²) < 4.78 is 0. The summed E-state index contributed by atoms with van der Waals surface area (Å²) in [5, 5.41) is 20.1. The standard InChI is InChI=1S/C22H27N3O7/c26-18(23-16(21(30)31)9-10-19(27)28)8-2-1-5-11-24-20(29)17-12-14-6-3-4-7-15(14)13-25(17)22(24)32/h3-4,6-7,16-17H,1-2,5,8-13H2,(H,23,26)(H,27,28)(H,30,31). The lowest BCUT2D eigenvalue weighted by atomic mass is 9.95. The van der Waals surface area contributed by atoms with E-state index in [-0.39, 0.29) is 37.7 Å². The molecule has 0 aromatic heterocycles. The number of carbonyl (C=O) groups excluding carboxylic acids is 3. The van der Waals surface area contributed by atoms with Gasteiger partial charge in [0.05, 0.1) is 0 Å². The van der Waals surface area contributed by atoms with E-state index in [1.165, 1.54) is 4.90 Å². The van der Waals surface area contributed by atoms with E-state index < -0.39 is 29.9 Å². The Labute approximate surface area is 185 Å². The van der Waals surface area contributed by atoms with Gasteiger partial charge in [0.1, 0.15) is 12.1 Å². The maximum atomic E-state index is 12.7. The monoisotopic (exact) mass is 445 g/mol. The molecular weight excluding hydrogens is 418 g/mol. The van der Waals surface area contributed by atoms with Crippen molar-refractivity contribution in [3.63, 3.8) is 0 Å².